The van der Waals surface area contributed by atoms with Crippen molar-refractivity contribution in [3.63, 3.8) is 0 Å². The molecule has 0 aromatic heterocycles. The van der Waals surface area contributed by atoms with Gasteiger partial charge in [-0.1, -0.05) is 0 Å². The average molecular weight is 161 g/mol. The van der Waals surface area contributed by atoms with Gasteiger partial charge in [-0.2, -0.15) is 0 Å². The standard InChI is InChI=1S/C6H12N2O3/c1-3(7)5(9)8-4(2)6(10)11/h3-4H,7H2,1-2H3,(H,8,9)(H,10,11)/t3-,4+/m1/s1/i/hD. The lowest BCUT2D eigenvalue weighted by Crippen LogP contribution is -2.45. The summed E-state index contributed by atoms with van der Waals surface area (Å²) in [5.74, 6) is -1.60. The molecule has 0 aromatic rings. The molecule has 0 aliphatic rings. The second kappa shape index (κ2) is 3.92. The molecule has 5 nitrogen and oxygen atoms in total. The third kappa shape index (κ3) is 3.57. The second-order valence-corrected chi connectivity index (χ2v) is 2.29. The Morgan fingerprint density at radius 3 is 2.55 bits per heavy atom. The van der Waals surface area contributed by atoms with Crippen molar-refractivity contribution >= 4 is 11.9 Å². The highest BCUT2D eigenvalue weighted by atomic mass is 16.4. The van der Waals surface area contributed by atoms with Gasteiger partial charge in [-0.15, -0.1) is 0 Å². The van der Waals surface area contributed by atoms with E-state index in [0.29, 0.717) is 0 Å². The molecule has 1 amide bonds. The summed E-state index contributed by atoms with van der Waals surface area (Å²) in [6.45, 7) is 2.83. The Morgan fingerprint density at radius 1 is 1.64 bits per heavy atom. The molecule has 0 radical (unpaired) electrons. The number of nitrogens with one attached hydrogen (secondary N) is 1. The number of carbonyl (C=O) groups is 2. The zero-order valence-electron chi connectivity index (χ0n) is 7.42. The Bertz CT molecular complexity index is 186. The molecule has 0 aromatic carbocycles. The molecular weight excluding hydrogens is 148 g/mol. The van der Waals surface area contributed by atoms with Crippen LogP contribution in [-0.2, 0) is 9.59 Å². The first kappa shape index (κ1) is 8.00. The fourth-order valence-electron chi connectivity index (χ4n) is 0.400. The maximum absolute atomic E-state index is 10.9. The van der Waals surface area contributed by atoms with Gasteiger partial charge in [0.05, 0.1) is 6.04 Å². The fourth-order valence-corrected chi connectivity index (χ4v) is 0.400. The molecule has 0 spiro atoms. The van der Waals surface area contributed by atoms with Crippen molar-refractivity contribution in [3.8, 4) is 0 Å². The van der Waals surface area contributed by atoms with Crippen LogP contribution >= 0.6 is 0 Å². The van der Waals surface area contributed by atoms with Crippen molar-refractivity contribution in [2.45, 2.75) is 25.9 Å². The summed E-state index contributed by atoms with van der Waals surface area (Å²) in [7, 11) is 0. The Hall–Kier alpha value is -1.10. The maximum atomic E-state index is 10.9. The van der Waals surface area contributed by atoms with Gasteiger partial charge in [-0.3, -0.25) is 9.59 Å². The number of nitrogens with two attached hydrogens (primary N) is 1. The van der Waals surface area contributed by atoms with E-state index in [9.17, 15) is 9.59 Å². The van der Waals surface area contributed by atoms with Gasteiger partial charge in [0, 0.05) is 0 Å². The van der Waals surface area contributed by atoms with Crippen LogP contribution in [0.4, 0.5) is 0 Å². The molecule has 0 bridgehead atoms. The molecule has 0 saturated carbocycles. The van der Waals surface area contributed by atoms with Gasteiger partial charge in [-0.25, -0.2) is 0 Å². The van der Waals surface area contributed by atoms with Gasteiger partial charge in [0.25, 0.3) is 0 Å². The zero-order valence-corrected chi connectivity index (χ0v) is 6.42. The summed E-state index contributed by atoms with van der Waals surface area (Å²) in [4.78, 5) is 21.2. The third-order valence-electron chi connectivity index (χ3n) is 1.12. The van der Waals surface area contributed by atoms with Crippen molar-refractivity contribution in [3.05, 3.63) is 0 Å². The molecule has 0 aliphatic carbocycles. The maximum Gasteiger partial charge on any atom is 0.325 e. The first-order chi connectivity index (χ1) is 5.49. The molecular formula is C6H12N2O3. The number of carbonyl (C=O) groups excluding carboxylic acids is 1. The van der Waals surface area contributed by atoms with Gasteiger partial charge in [0.2, 0.25) is 5.91 Å². The SMILES string of the molecule is [2H]N[C@H](C)C(=O)N[C@@H](C)C(=O)O. The highest BCUT2D eigenvalue weighted by Gasteiger charge is 2.15. The quantitative estimate of drug-likeness (QED) is 0.489. The minimum Gasteiger partial charge on any atom is -0.480 e. The average Bonchev–Trinajstić information content (AvgIpc) is 2.02. The van der Waals surface area contributed by atoms with Gasteiger partial charge in [0.1, 0.15) is 7.45 Å². The van der Waals surface area contributed by atoms with Crippen LogP contribution in [0, 0.1) is 0 Å². The van der Waals surface area contributed by atoms with Crippen LogP contribution in [0.15, 0.2) is 0 Å². The fraction of sp³-hybridized carbons (Fsp3) is 0.667. The normalized spacial score (nSPS) is 16.4. The Morgan fingerprint density at radius 2 is 2.18 bits per heavy atom. The molecule has 5 heteroatoms. The molecule has 0 saturated heterocycles. The van der Waals surface area contributed by atoms with E-state index < -0.39 is 24.0 Å². The lowest BCUT2D eigenvalue weighted by atomic mass is 10.3. The largest absolute Gasteiger partial charge is 0.480 e. The summed E-state index contributed by atoms with van der Waals surface area (Å²) < 4.78 is 6.63. The van der Waals surface area contributed by atoms with E-state index in [2.05, 4.69) is 5.32 Å². The van der Waals surface area contributed by atoms with E-state index in [4.69, 9.17) is 6.52 Å². The summed E-state index contributed by atoms with van der Waals surface area (Å²) in [6.07, 6.45) is 0. The third-order valence-corrected chi connectivity index (χ3v) is 1.12. The van der Waals surface area contributed by atoms with E-state index in [1.807, 2.05) is 5.73 Å². The predicted molar refractivity (Wildman–Crippen MR) is 38.9 cm³/mol. The molecule has 0 fully saturated rings. The summed E-state index contributed by atoms with van der Waals surface area (Å²) >= 11 is 0. The van der Waals surface area contributed by atoms with Crippen molar-refractivity contribution in [1.29, 1.82) is 0 Å². The summed E-state index contributed by atoms with van der Waals surface area (Å²) in [5, 5.41) is 10.6. The van der Waals surface area contributed by atoms with Crippen LogP contribution in [0.25, 0.3) is 0 Å². The lowest BCUT2D eigenvalue weighted by molar-refractivity contribution is -0.141. The number of hydrogen-bond acceptors (Lipinski definition) is 3. The Kier molecular flexibility index (Phi) is 2.85. The van der Waals surface area contributed by atoms with Crippen LogP contribution in [-0.4, -0.2) is 29.1 Å². The number of rotatable bonds is 4. The van der Waals surface area contributed by atoms with Crippen LogP contribution < -0.4 is 11.0 Å². The van der Waals surface area contributed by atoms with Crippen LogP contribution in [0.2, 0.25) is 1.41 Å². The van der Waals surface area contributed by atoms with Crippen LogP contribution in [0.3, 0.4) is 0 Å². The minimum atomic E-state index is -1.10. The van der Waals surface area contributed by atoms with Gasteiger partial charge in [-0.05, 0) is 13.8 Å². The van der Waals surface area contributed by atoms with Gasteiger partial charge >= 0.3 is 5.97 Å². The highest BCUT2D eigenvalue weighted by Crippen LogP contribution is 1.83. The van der Waals surface area contributed by atoms with Crippen molar-refractivity contribution in [1.82, 2.24) is 5.32 Å². The first-order valence-electron chi connectivity index (χ1n) is 3.69. The van der Waals surface area contributed by atoms with Gasteiger partial charge < -0.3 is 16.2 Å². The van der Waals surface area contributed by atoms with Crippen molar-refractivity contribution < 1.29 is 16.1 Å². The van der Waals surface area contributed by atoms with Gasteiger partial charge in [0.15, 0.2) is 0 Å². The number of carboxylic acids is 1. The topological polar surface area (TPSA) is 92.4 Å². The molecule has 4 N–H and O–H groups in total. The number of amides is 1. The minimum absolute atomic E-state index is 0.500. The highest BCUT2D eigenvalue weighted by molar-refractivity contribution is 5.86. The van der Waals surface area contributed by atoms with E-state index in [1.165, 1.54) is 13.8 Å². The van der Waals surface area contributed by atoms with E-state index in [1.54, 1.807) is 0 Å². The van der Waals surface area contributed by atoms with Crippen LogP contribution in [0.5, 0.6) is 0 Å². The second-order valence-electron chi connectivity index (χ2n) is 2.29. The van der Waals surface area contributed by atoms with E-state index >= 15 is 0 Å². The smallest absolute Gasteiger partial charge is 0.325 e. The number of carboxylic acid groups (broad SMARTS) is 1. The lowest BCUT2D eigenvalue weighted by Gasteiger charge is -2.10. The Balaban J connectivity index is 3.92. The monoisotopic (exact) mass is 161 g/mol. The van der Waals surface area contributed by atoms with Crippen molar-refractivity contribution in [2.75, 3.05) is 0 Å². The van der Waals surface area contributed by atoms with E-state index in [0.717, 1.165) is 0 Å². The molecule has 0 aliphatic heterocycles. The molecule has 64 valence electrons. The van der Waals surface area contributed by atoms with E-state index in [-0.39, 0.29) is 0 Å². The van der Waals surface area contributed by atoms with Crippen LogP contribution in [0.1, 0.15) is 13.8 Å². The molecule has 0 rings (SSSR count). The van der Waals surface area contributed by atoms with Crippen molar-refractivity contribution in [2.24, 2.45) is 5.73 Å². The number of aliphatic carboxylic acids is 1. The zero-order chi connectivity index (χ0) is 9.72. The first-order valence-corrected chi connectivity index (χ1v) is 3.19. The summed E-state index contributed by atoms with van der Waals surface area (Å²) in [6, 6.07) is -1.62. The number of hydrogen-bond donors (Lipinski definition) is 3. The molecule has 11 heavy (non-hydrogen) atoms. The summed E-state index contributed by atoms with van der Waals surface area (Å²) in [5.41, 5.74) is 1.95. The molecule has 0 unspecified atom stereocenters. The molecule has 0 heterocycles. The molecule has 2 atom stereocenters. The Labute approximate surface area is 66.0 Å². The predicted octanol–water partition coefficient (Wildman–Crippen LogP) is -1.08.